The van der Waals surface area contributed by atoms with Crippen LogP contribution in [-0.2, 0) is 4.79 Å². The number of benzene rings is 1. The zero-order chi connectivity index (χ0) is 12.7. The molecule has 0 aromatic heterocycles. The van der Waals surface area contributed by atoms with Crippen LogP contribution in [0.15, 0.2) is 29.8 Å². The van der Waals surface area contributed by atoms with E-state index >= 15 is 0 Å². The lowest BCUT2D eigenvalue weighted by molar-refractivity contribution is -0.134. The molecule has 0 radical (unpaired) electrons. The SMILES string of the molecule is CCC(=O)Oc1ccc(C=C(C#N)C#N)cc1. The quantitative estimate of drug-likeness (QED) is 0.450. The van der Waals surface area contributed by atoms with E-state index in [2.05, 4.69) is 0 Å². The predicted molar refractivity (Wildman–Crippen MR) is 61.6 cm³/mol. The second-order valence-electron chi connectivity index (χ2n) is 3.18. The molecule has 0 atom stereocenters. The Morgan fingerprint density at radius 2 is 1.88 bits per heavy atom. The molecule has 4 nitrogen and oxygen atoms in total. The lowest BCUT2D eigenvalue weighted by Gasteiger charge is -2.02. The Kier molecular flexibility index (Phi) is 4.47. The monoisotopic (exact) mass is 226 g/mol. The minimum Gasteiger partial charge on any atom is -0.427 e. The summed E-state index contributed by atoms with van der Waals surface area (Å²) in [6.45, 7) is 1.71. The standard InChI is InChI=1S/C13H10N2O2/c1-2-13(16)17-12-5-3-10(4-6-12)7-11(8-14)9-15/h3-7H,2H2,1H3. The summed E-state index contributed by atoms with van der Waals surface area (Å²) in [5.41, 5.74) is 0.739. The summed E-state index contributed by atoms with van der Waals surface area (Å²) >= 11 is 0. The third-order valence-electron chi connectivity index (χ3n) is 1.95. The number of nitrogens with zero attached hydrogens (tertiary/aromatic N) is 2. The maximum absolute atomic E-state index is 11.0. The fraction of sp³-hybridized carbons (Fsp3) is 0.154. The molecule has 17 heavy (non-hydrogen) atoms. The van der Waals surface area contributed by atoms with Crippen molar-refractivity contribution >= 4 is 12.0 Å². The van der Waals surface area contributed by atoms with Crippen molar-refractivity contribution in [1.82, 2.24) is 0 Å². The van der Waals surface area contributed by atoms with Gasteiger partial charge in [-0.2, -0.15) is 10.5 Å². The average molecular weight is 226 g/mol. The highest BCUT2D eigenvalue weighted by molar-refractivity contribution is 5.72. The molecule has 0 N–H and O–H groups in total. The second-order valence-corrected chi connectivity index (χ2v) is 3.18. The summed E-state index contributed by atoms with van der Waals surface area (Å²) in [5, 5.41) is 17.2. The molecule has 0 unspecified atom stereocenters. The van der Waals surface area contributed by atoms with Crippen LogP contribution in [0.25, 0.3) is 6.08 Å². The maximum Gasteiger partial charge on any atom is 0.310 e. The Hall–Kier alpha value is -2.59. The summed E-state index contributed by atoms with van der Waals surface area (Å²) in [5.74, 6) is 0.146. The predicted octanol–water partition coefficient (Wildman–Crippen LogP) is 2.43. The van der Waals surface area contributed by atoms with Gasteiger partial charge >= 0.3 is 5.97 Å². The normalized spacial score (nSPS) is 8.65. The fourth-order valence-electron chi connectivity index (χ4n) is 1.09. The van der Waals surface area contributed by atoms with Crippen LogP contribution in [0.3, 0.4) is 0 Å². The lowest BCUT2D eigenvalue weighted by Crippen LogP contribution is -2.05. The van der Waals surface area contributed by atoms with Gasteiger partial charge in [-0.3, -0.25) is 4.79 Å². The van der Waals surface area contributed by atoms with E-state index < -0.39 is 0 Å². The van der Waals surface area contributed by atoms with Gasteiger partial charge in [0, 0.05) is 6.42 Å². The van der Waals surface area contributed by atoms with Gasteiger partial charge in [0.2, 0.25) is 0 Å². The van der Waals surface area contributed by atoms with Gasteiger partial charge in [0.25, 0.3) is 0 Å². The van der Waals surface area contributed by atoms with E-state index in [9.17, 15) is 4.79 Å². The Labute approximate surface area is 99.4 Å². The molecule has 0 aliphatic heterocycles. The summed E-state index contributed by atoms with van der Waals surface area (Å²) in [7, 11) is 0. The number of carbonyl (C=O) groups excluding carboxylic acids is 1. The molecular formula is C13H10N2O2. The number of esters is 1. The maximum atomic E-state index is 11.0. The van der Waals surface area contributed by atoms with Crippen LogP contribution in [-0.4, -0.2) is 5.97 Å². The molecule has 1 aromatic rings. The molecule has 0 fully saturated rings. The second kappa shape index (κ2) is 6.09. The number of allylic oxidation sites excluding steroid dienone is 1. The van der Waals surface area contributed by atoms with Crippen LogP contribution >= 0.6 is 0 Å². The van der Waals surface area contributed by atoms with Crippen LogP contribution in [0.1, 0.15) is 18.9 Å². The molecule has 0 aliphatic rings. The number of hydrogen-bond donors (Lipinski definition) is 0. The van der Waals surface area contributed by atoms with Gasteiger partial charge in [0.15, 0.2) is 0 Å². The van der Waals surface area contributed by atoms with Gasteiger partial charge in [-0.15, -0.1) is 0 Å². The van der Waals surface area contributed by atoms with Crippen molar-refractivity contribution < 1.29 is 9.53 Å². The van der Waals surface area contributed by atoms with Crippen LogP contribution in [0, 0.1) is 22.7 Å². The van der Waals surface area contributed by atoms with Crippen molar-refractivity contribution in [3.63, 3.8) is 0 Å². The van der Waals surface area contributed by atoms with Crippen molar-refractivity contribution in [2.75, 3.05) is 0 Å². The van der Waals surface area contributed by atoms with E-state index in [1.165, 1.54) is 6.08 Å². The molecular weight excluding hydrogens is 216 g/mol. The van der Waals surface area contributed by atoms with Crippen molar-refractivity contribution in [2.45, 2.75) is 13.3 Å². The largest absolute Gasteiger partial charge is 0.427 e. The van der Waals surface area contributed by atoms with Gasteiger partial charge in [-0.05, 0) is 23.8 Å². The molecule has 1 rings (SSSR count). The first-order chi connectivity index (χ1) is 8.19. The van der Waals surface area contributed by atoms with Gasteiger partial charge in [0.05, 0.1) is 0 Å². The molecule has 0 heterocycles. The molecule has 84 valence electrons. The third-order valence-corrected chi connectivity index (χ3v) is 1.95. The first-order valence-corrected chi connectivity index (χ1v) is 5.02. The highest BCUT2D eigenvalue weighted by atomic mass is 16.5. The molecule has 1 aromatic carbocycles. The minimum atomic E-state index is -0.303. The number of carbonyl (C=O) groups is 1. The molecule has 0 saturated heterocycles. The lowest BCUT2D eigenvalue weighted by atomic mass is 10.1. The fourth-order valence-corrected chi connectivity index (χ4v) is 1.09. The van der Waals surface area contributed by atoms with Crippen LogP contribution in [0.2, 0.25) is 0 Å². The summed E-state index contributed by atoms with van der Waals surface area (Å²) < 4.78 is 4.99. The Morgan fingerprint density at radius 3 is 2.35 bits per heavy atom. The first kappa shape index (κ1) is 12.5. The average Bonchev–Trinajstić information content (AvgIpc) is 2.37. The summed E-state index contributed by atoms with van der Waals surface area (Å²) in [6.07, 6.45) is 1.78. The van der Waals surface area contributed by atoms with E-state index in [-0.39, 0.29) is 11.5 Å². The van der Waals surface area contributed by atoms with Crippen molar-refractivity contribution in [2.24, 2.45) is 0 Å². The van der Waals surface area contributed by atoms with E-state index in [1.54, 1.807) is 43.3 Å². The molecule has 0 saturated carbocycles. The molecule has 0 spiro atoms. The topological polar surface area (TPSA) is 73.9 Å². The molecule has 0 amide bonds. The zero-order valence-electron chi connectivity index (χ0n) is 9.30. The minimum absolute atomic E-state index is 0.0308. The molecule has 4 heteroatoms. The number of rotatable bonds is 3. The number of nitriles is 2. The Balaban J connectivity index is 2.83. The highest BCUT2D eigenvalue weighted by Gasteiger charge is 2.01. The van der Waals surface area contributed by atoms with E-state index in [1.807, 2.05) is 0 Å². The van der Waals surface area contributed by atoms with Gasteiger partial charge < -0.3 is 4.74 Å². The van der Waals surface area contributed by atoms with Crippen molar-refractivity contribution in [1.29, 1.82) is 10.5 Å². The van der Waals surface area contributed by atoms with Gasteiger partial charge in [-0.1, -0.05) is 19.1 Å². The van der Waals surface area contributed by atoms with Crippen molar-refractivity contribution in [3.05, 3.63) is 35.4 Å². The highest BCUT2D eigenvalue weighted by Crippen LogP contribution is 2.14. The molecule has 0 aliphatic carbocycles. The van der Waals surface area contributed by atoms with E-state index in [4.69, 9.17) is 15.3 Å². The summed E-state index contributed by atoms with van der Waals surface area (Å²) in [6, 6.07) is 10.1. The van der Waals surface area contributed by atoms with Crippen LogP contribution < -0.4 is 4.74 Å². The Bertz CT molecular complexity index is 500. The zero-order valence-corrected chi connectivity index (χ0v) is 9.30. The van der Waals surface area contributed by atoms with E-state index in [0.29, 0.717) is 17.7 Å². The molecule has 0 bridgehead atoms. The van der Waals surface area contributed by atoms with Crippen LogP contribution in [0.4, 0.5) is 0 Å². The van der Waals surface area contributed by atoms with Gasteiger partial charge in [0.1, 0.15) is 23.5 Å². The first-order valence-electron chi connectivity index (χ1n) is 5.02. The number of ether oxygens (including phenoxy) is 1. The summed E-state index contributed by atoms with van der Waals surface area (Å²) in [4.78, 5) is 11.0. The third kappa shape index (κ3) is 3.81. The smallest absolute Gasteiger partial charge is 0.310 e. The van der Waals surface area contributed by atoms with Crippen LogP contribution in [0.5, 0.6) is 5.75 Å². The van der Waals surface area contributed by atoms with Crippen molar-refractivity contribution in [3.8, 4) is 17.9 Å². The number of hydrogen-bond acceptors (Lipinski definition) is 4. The Morgan fingerprint density at radius 1 is 1.29 bits per heavy atom. The van der Waals surface area contributed by atoms with E-state index in [0.717, 1.165) is 0 Å². The van der Waals surface area contributed by atoms with Gasteiger partial charge in [-0.25, -0.2) is 0 Å².